The van der Waals surface area contributed by atoms with Crippen molar-refractivity contribution in [2.24, 2.45) is 0 Å². The van der Waals surface area contributed by atoms with Crippen LogP contribution in [0.4, 0.5) is 0 Å². The fraction of sp³-hybridized carbons (Fsp3) is 1.00. The normalized spacial score (nSPS) is 24.9. The third-order valence-electron chi connectivity index (χ3n) is 2.58. The molecule has 1 aliphatic rings. The van der Waals surface area contributed by atoms with E-state index in [2.05, 4.69) is 0 Å². The maximum atomic E-state index is 9.55. The van der Waals surface area contributed by atoms with Crippen molar-refractivity contribution in [2.45, 2.75) is 44.5 Å². The number of hydrogen-bond acceptors (Lipinski definition) is 4. The van der Waals surface area contributed by atoms with Crippen LogP contribution in [0.2, 0.25) is 0 Å². The van der Waals surface area contributed by atoms with E-state index in [0.717, 1.165) is 12.8 Å². The van der Waals surface area contributed by atoms with E-state index in [1.54, 1.807) is 6.92 Å². The Morgan fingerprint density at radius 3 is 2.43 bits per heavy atom. The molecule has 0 radical (unpaired) electrons. The molecule has 84 valence electrons. The molecule has 0 aromatic carbocycles. The molecule has 0 aromatic heterocycles. The van der Waals surface area contributed by atoms with Crippen LogP contribution in [-0.2, 0) is 9.47 Å². The molecule has 1 fully saturated rings. The molecular weight excluding hydrogens is 184 g/mol. The lowest BCUT2D eigenvalue weighted by Crippen LogP contribution is -2.31. The summed E-state index contributed by atoms with van der Waals surface area (Å²) in [4.78, 5) is 0. The van der Waals surface area contributed by atoms with Gasteiger partial charge in [-0.1, -0.05) is 0 Å². The van der Waals surface area contributed by atoms with Crippen molar-refractivity contribution in [1.29, 1.82) is 0 Å². The minimum Gasteiger partial charge on any atom is -0.393 e. The average molecular weight is 204 g/mol. The minimum absolute atomic E-state index is 0.203. The molecule has 1 aliphatic heterocycles. The van der Waals surface area contributed by atoms with E-state index in [4.69, 9.17) is 14.6 Å². The molecule has 0 spiro atoms. The first kappa shape index (κ1) is 11.9. The Morgan fingerprint density at radius 1 is 1.36 bits per heavy atom. The zero-order valence-electron chi connectivity index (χ0n) is 8.95. The van der Waals surface area contributed by atoms with E-state index in [0.29, 0.717) is 19.6 Å². The highest BCUT2D eigenvalue weighted by Crippen LogP contribution is 2.26. The van der Waals surface area contributed by atoms with Gasteiger partial charge in [0.1, 0.15) is 0 Å². The van der Waals surface area contributed by atoms with Crippen LogP contribution in [0.3, 0.4) is 0 Å². The molecule has 1 unspecified atom stereocenters. The topological polar surface area (TPSA) is 58.9 Å². The highest BCUT2D eigenvalue weighted by Gasteiger charge is 2.31. The lowest BCUT2D eigenvalue weighted by molar-refractivity contribution is -0.149. The largest absolute Gasteiger partial charge is 0.393 e. The molecule has 4 heteroatoms. The number of hydrogen-bond donors (Lipinski definition) is 2. The first-order chi connectivity index (χ1) is 6.47. The minimum atomic E-state index is -0.977. The van der Waals surface area contributed by atoms with E-state index < -0.39 is 11.4 Å². The zero-order chi connectivity index (χ0) is 10.7. The summed E-state index contributed by atoms with van der Waals surface area (Å²) in [6, 6.07) is 0. The second-order valence-electron chi connectivity index (χ2n) is 4.34. The van der Waals surface area contributed by atoms with Crippen LogP contribution in [-0.4, -0.2) is 41.4 Å². The Hall–Kier alpha value is -0.160. The summed E-state index contributed by atoms with van der Waals surface area (Å²) in [7, 11) is 0. The third kappa shape index (κ3) is 3.53. The highest BCUT2D eigenvalue weighted by molar-refractivity contribution is 4.74. The van der Waals surface area contributed by atoms with Crippen molar-refractivity contribution < 1.29 is 19.7 Å². The van der Waals surface area contributed by atoms with Crippen molar-refractivity contribution in [3.8, 4) is 0 Å². The van der Waals surface area contributed by atoms with E-state index in [1.165, 1.54) is 0 Å². The van der Waals surface area contributed by atoms with Gasteiger partial charge in [0.25, 0.3) is 0 Å². The second-order valence-corrected chi connectivity index (χ2v) is 4.34. The quantitative estimate of drug-likeness (QED) is 0.691. The fourth-order valence-electron chi connectivity index (χ4n) is 1.57. The molecule has 0 amide bonds. The summed E-state index contributed by atoms with van der Waals surface area (Å²) in [6.45, 7) is 4.63. The molecule has 0 bridgehead atoms. The van der Waals surface area contributed by atoms with Gasteiger partial charge in [-0.3, -0.25) is 0 Å². The Kier molecular flexibility index (Phi) is 3.89. The van der Waals surface area contributed by atoms with Crippen LogP contribution in [0.1, 0.15) is 33.1 Å². The number of aliphatic hydroxyl groups excluding tert-OH is 1. The first-order valence-electron chi connectivity index (χ1n) is 5.09. The monoisotopic (exact) mass is 204 g/mol. The molecule has 0 aromatic rings. The maximum absolute atomic E-state index is 9.55. The third-order valence-corrected chi connectivity index (χ3v) is 2.58. The van der Waals surface area contributed by atoms with Crippen LogP contribution >= 0.6 is 0 Å². The molecule has 1 saturated heterocycles. The molecule has 2 N–H and O–H groups in total. The average Bonchev–Trinajstić information content (AvgIpc) is 2.52. The Morgan fingerprint density at radius 2 is 1.93 bits per heavy atom. The van der Waals surface area contributed by atoms with E-state index >= 15 is 0 Å². The maximum Gasteiger partial charge on any atom is 0.165 e. The summed E-state index contributed by atoms with van der Waals surface area (Å²) < 4.78 is 10.8. The van der Waals surface area contributed by atoms with Gasteiger partial charge in [0, 0.05) is 6.42 Å². The number of rotatable bonds is 5. The second kappa shape index (κ2) is 4.57. The van der Waals surface area contributed by atoms with E-state index in [9.17, 15) is 5.11 Å². The predicted octanol–water partition coefficient (Wildman–Crippen LogP) is 0.663. The van der Waals surface area contributed by atoms with E-state index in [1.807, 2.05) is 6.92 Å². The lowest BCUT2D eigenvalue weighted by Gasteiger charge is -2.25. The van der Waals surface area contributed by atoms with Gasteiger partial charge < -0.3 is 19.7 Å². The van der Waals surface area contributed by atoms with Gasteiger partial charge in [0.15, 0.2) is 5.79 Å². The molecule has 1 heterocycles. The summed E-state index contributed by atoms with van der Waals surface area (Å²) in [5, 5.41) is 18.4. The predicted molar refractivity (Wildman–Crippen MR) is 51.9 cm³/mol. The number of ether oxygens (including phenoxy) is 2. The Balaban J connectivity index is 2.20. The van der Waals surface area contributed by atoms with Gasteiger partial charge in [-0.25, -0.2) is 0 Å². The van der Waals surface area contributed by atoms with Crippen molar-refractivity contribution in [3.63, 3.8) is 0 Å². The summed E-state index contributed by atoms with van der Waals surface area (Å²) >= 11 is 0. The van der Waals surface area contributed by atoms with Gasteiger partial charge in [-0.2, -0.15) is 0 Å². The standard InChI is InChI=1S/C10H20O4/c1-9(12,8-11)4-3-5-10(2)13-6-7-14-10/h11-12H,3-8H2,1-2H3. The summed E-state index contributed by atoms with van der Waals surface area (Å²) in [5.41, 5.74) is -0.977. The first-order valence-corrected chi connectivity index (χ1v) is 5.09. The van der Waals surface area contributed by atoms with Gasteiger partial charge in [-0.15, -0.1) is 0 Å². The van der Waals surface area contributed by atoms with Gasteiger partial charge >= 0.3 is 0 Å². The highest BCUT2D eigenvalue weighted by atomic mass is 16.7. The van der Waals surface area contributed by atoms with Gasteiger partial charge in [0.05, 0.1) is 25.4 Å². The zero-order valence-corrected chi connectivity index (χ0v) is 8.95. The number of aliphatic hydroxyl groups is 2. The van der Waals surface area contributed by atoms with Crippen molar-refractivity contribution >= 4 is 0 Å². The van der Waals surface area contributed by atoms with Crippen LogP contribution in [0, 0.1) is 0 Å². The Bertz CT molecular complexity index is 173. The van der Waals surface area contributed by atoms with Crippen LogP contribution in [0.15, 0.2) is 0 Å². The smallest absolute Gasteiger partial charge is 0.165 e. The van der Waals surface area contributed by atoms with Crippen molar-refractivity contribution in [2.75, 3.05) is 19.8 Å². The van der Waals surface area contributed by atoms with Crippen LogP contribution < -0.4 is 0 Å². The van der Waals surface area contributed by atoms with Gasteiger partial charge in [-0.05, 0) is 26.7 Å². The Labute approximate surface area is 84.8 Å². The lowest BCUT2D eigenvalue weighted by atomic mass is 9.98. The van der Waals surface area contributed by atoms with Crippen molar-refractivity contribution in [1.82, 2.24) is 0 Å². The molecule has 14 heavy (non-hydrogen) atoms. The molecule has 1 atom stereocenters. The molecule has 0 saturated carbocycles. The van der Waals surface area contributed by atoms with Crippen molar-refractivity contribution in [3.05, 3.63) is 0 Å². The fourth-order valence-corrected chi connectivity index (χ4v) is 1.57. The molecule has 4 nitrogen and oxygen atoms in total. The molecular formula is C10H20O4. The van der Waals surface area contributed by atoms with E-state index in [-0.39, 0.29) is 6.61 Å². The molecule has 1 rings (SSSR count). The molecule has 0 aliphatic carbocycles. The van der Waals surface area contributed by atoms with Crippen LogP contribution in [0.25, 0.3) is 0 Å². The SMILES string of the molecule is CC(O)(CO)CCCC1(C)OCCO1. The summed E-state index contributed by atoms with van der Waals surface area (Å²) in [5.74, 6) is -0.481. The summed E-state index contributed by atoms with van der Waals surface area (Å²) in [6.07, 6.45) is 2.10. The van der Waals surface area contributed by atoms with Gasteiger partial charge in [0.2, 0.25) is 0 Å². The van der Waals surface area contributed by atoms with Crippen LogP contribution in [0.5, 0.6) is 0 Å².